The maximum absolute atomic E-state index is 10.2. The topological polar surface area (TPSA) is 60.7 Å². The molecular formula is C23H36N6O. The fraction of sp³-hybridized carbons (Fsp3) is 0.652. The number of fused-ring (bicyclic) bond motifs is 1. The number of aromatic nitrogens is 3. The number of aliphatic hydroxyl groups excluding tert-OH is 1. The predicted octanol–water partition coefficient (Wildman–Crippen LogP) is 2.26. The zero-order chi connectivity index (χ0) is 20.9. The van der Waals surface area contributed by atoms with Gasteiger partial charge < -0.3 is 14.6 Å². The van der Waals surface area contributed by atoms with Crippen molar-refractivity contribution in [3.05, 3.63) is 47.3 Å². The Bertz CT molecular complexity index is 814. The lowest BCUT2D eigenvalue weighted by Gasteiger charge is -2.35. The van der Waals surface area contributed by atoms with E-state index in [2.05, 4.69) is 45.4 Å². The van der Waals surface area contributed by atoms with Gasteiger partial charge in [0.05, 0.1) is 42.7 Å². The first-order valence-corrected chi connectivity index (χ1v) is 11.4. The summed E-state index contributed by atoms with van der Waals surface area (Å²) in [4.78, 5) is 16.8. The highest BCUT2D eigenvalue weighted by Gasteiger charge is 2.28. The molecule has 1 aliphatic carbocycles. The molecule has 7 nitrogen and oxygen atoms in total. The summed E-state index contributed by atoms with van der Waals surface area (Å²) in [6, 6.07) is 4.61. The molecule has 0 bridgehead atoms. The van der Waals surface area contributed by atoms with Crippen LogP contribution in [0.4, 0.5) is 0 Å². The Kier molecular flexibility index (Phi) is 7.15. The number of piperazine rings is 1. The van der Waals surface area contributed by atoms with Gasteiger partial charge in [0.1, 0.15) is 0 Å². The van der Waals surface area contributed by atoms with E-state index in [9.17, 15) is 5.11 Å². The Morgan fingerprint density at radius 1 is 1.20 bits per heavy atom. The van der Waals surface area contributed by atoms with Gasteiger partial charge >= 0.3 is 0 Å². The first kappa shape index (κ1) is 21.4. The van der Waals surface area contributed by atoms with Crippen LogP contribution in [-0.2, 0) is 26.2 Å². The zero-order valence-electron chi connectivity index (χ0n) is 18.5. The van der Waals surface area contributed by atoms with Crippen molar-refractivity contribution in [2.75, 3.05) is 39.8 Å². The van der Waals surface area contributed by atoms with Crippen molar-refractivity contribution in [2.45, 2.75) is 58.5 Å². The van der Waals surface area contributed by atoms with Crippen LogP contribution in [0.2, 0.25) is 0 Å². The van der Waals surface area contributed by atoms with Crippen molar-refractivity contribution in [2.24, 2.45) is 0 Å². The quantitative estimate of drug-likeness (QED) is 0.718. The highest BCUT2D eigenvalue weighted by Crippen LogP contribution is 2.34. The molecule has 0 saturated carbocycles. The van der Waals surface area contributed by atoms with Crippen molar-refractivity contribution in [1.29, 1.82) is 0 Å². The van der Waals surface area contributed by atoms with E-state index < -0.39 is 0 Å². The summed E-state index contributed by atoms with van der Waals surface area (Å²) < 4.78 is 2.14. The van der Waals surface area contributed by atoms with Crippen LogP contribution in [0.25, 0.3) is 0 Å². The summed E-state index contributed by atoms with van der Waals surface area (Å²) in [6.07, 6.45) is 8.40. The van der Waals surface area contributed by atoms with Crippen molar-refractivity contribution < 1.29 is 5.11 Å². The van der Waals surface area contributed by atoms with Crippen molar-refractivity contribution >= 4 is 0 Å². The number of likely N-dealkylation sites (N-methyl/N-ethyl adjacent to an activating group) is 1. The third kappa shape index (κ3) is 4.75. The highest BCUT2D eigenvalue weighted by atomic mass is 16.3. The highest BCUT2D eigenvalue weighted by molar-refractivity contribution is 5.26. The van der Waals surface area contributed by atoms with Crippen LogP contribution in [0, 0.1) is 0 Å². The number of aliphatic hydroxyl groups is 1. The normalized spacial score (nSPS) is 20.6. The fourth-order valence-electron chi connectivity index (χ4n) is 4.86. The van der Waals surface area contributed by atoms with E-state index in [1.165, 1.54) is 17.7 Å². The molecule has 0 unspecified atom stereocenters. The number of pyridine rings is 1. The van der Waals surface area contributed by atoms with Gasteiger partial charge in [-0.05, 0) is 50.9 Å². The van der Waals surface area contributed by atoms with E-state index in [0.717, 1.165) is 76.6 Å². The fourth-order valence-corrected chi connectivity index (χ4v) is 4.86. The van der Waals surface area contributed by atoms with Crippen molar-refractivity contribution in [3.8, 4) is 0 Å². The van der Waals surface area contributed by atoms with E-state index in [1.54, 1.807) is 0 Å². The minimum Gasteiger partial charge on any atom is -0.390 e. The standard InChI is InChI=1S/C23H36N6O/c1-3-10-28(21-8-4-6-19-7-5-9-24-23(19)21)15-20-22(16-30)29(17-25-20)18-27-13-11-26(2)12-14-27/h5,7,9,17,21,30H,3-4,6,8,10-16,18H2,1-2H3/t21-/m0/s1. The molecular weight excluding hydrogens is 376 g/mol. The second-order valence-electron chi connectivity index (χ2n) is 8.75. The Morgan fingerprint density at radius 3 is 2.80 bits per heavy atom. The number of rotatable bonds is 8. The van der Waals surface area contributed by atoms with Gasteiger partial charge in [-0.2, -0.15) is 0 Å². The lowest BCUT2D eigenvalue weighted by atomic mass is 9.90. The van der Waals surface area contributed by atoms with E-state index in [4.69, 9.17) is 9.97 Å². The van der Waals surface area contributed by atoms with Crippen molar-refractivity contribution in [1.82, 2.24) is 29.2 Å². The van der Waals surface area contributed by atoms with Crippen LogP contribution in [0.15, 0.2) is 24.7 Å². The summed E-state index contributed by atoms with van der Waals surface area (Å²) in [5.41, 5.74) is 4.58. The molecule has 1 atom stereocenters. The maximum atomic E-state index is 10.2. The maximum Gasteiger partial charge on any atom is 0.0964 e. The molecule has 4 rings (SSSR count). The van der Waals surface area contributed by atoms with Gasteiger partial charge in [-0.3, -0.25) is 14.8 Å². The Labute approximate surface area is 180 Å². The van der Waals surface area contributed by atoms with Crippen LogP contribution in [0.5, 0.6) is 0 Å². The number of nitrogens with zero attached hydrogens (tertiary/aromatic N) is 6. The summed E-state index contributed by atoms with van der Waals surface area (Å²) >= 11 is 0. The van der Waals surface area contributed by atoms with Gasteiger partial charge in [-0.25, -0.2) is 4.98 Å². The van der Waals surface area contributed by atoms with Gasteiger partial charge in [0, 0.05) is 38.9 Å². The Morgan fingerprint density at radius 2 is 2.03 bits per heavy atom. The molecule has 1 N–H and O–H groups in total. The van der Waals surface area contributed by atoms with E-state index in [0.29, 0.717) is 6.04 Å². The minimum absolute atomic E-state index is 0.0303. The minimum atomic E-state index is 0.0303. The van der Waals surface area contributed by atoms with Crippen molar-refractivity contribution in [3.63, 3.8) is 0 Å². The van der Waals surface area contributed by atoms with Crippen LogP contribution in [0.1, 0.15) is 54.9 Å². The van der Waals surface area contributed by atoms with Gasteiger partial charge in [0.15, 0.2) is 0 Å². The van der Waals surface area contributed by atoms with E-state index in [1.807, 2.05) is 12.5 Å². The van der Waals surface area contributed by atoms with Gasteiger partial charge in [0.2, 0.25) is 0 Å². The lowest BCUT2D eigenvalue weighted by molar-refractivity contribution is 0.120. The average molecular weight is 413 g/mol. The Balaban J connectivity index is 1.51. The molecule has 2 aliphatic rings. The van der Waals surface area contributed by atoms with Crippen LogP contribution < -0.4 is 0 Å². The molecule has 164 valence electrons. The molecule has 2 aromatic heterocycles. The summed E-state index contributed by atoms with van der Waals surface area (Å²) in [5.74, 6) is 0. The van der Waals surface area contributed by atoms with Gasteiger partial charge in [-0.15, -0.1) is 0 Å². The molecule has 30 heavy (non-hydrogen) atoms. The first-order valence-electron chi connectivity index (χ1n) is 11.4. The number of aryl methyl sites for hydroxylation is 1. The van der Waals surface area contributed by atoms with Crippen LogP contribution in [-0.4, -0.2) is 74.1 Å². The van der Waals surface area contributed by atoms with E-state index >= 15 is 0 Å². The molecule has 1 aliphatic heterocycles. The van der Waals surface area contributed by atoms with Gasteiger partial charge in [0.25, 0.3) is 0 Å². The number of hydrogen-bond donors (Lipinski definition) is 1. The summed E-state index contributed by atoms with van der Waals surface area (Å²) in [7, 11) is 2.17. The lowest BCUT2D eigenvalue weighted by Crippen LogP contribution is -2.45. The molecule has 0 amide bonds. The van der Waals surface area contributed by atoms with Crippen LogP contribution in [0.3, 0.4) is 0 Å². The van der Waals surface area contributed by atoms with Gasteiger partial charge in [-0.1, -0.05) is 13.0 Å². The zero-order valence-corrected chi connectivity index (χ0v) is 18.5. The third-order valence-corrected chi connectivity index (χ3v) is 6.60. The molecule has 3 heterocycles. The second-order valence-corrected chi connectivity index (χ2v) is 8.75. The number of imidazole rings is 1. The van der Waals surface area contributed by atoms with Crippen LogP contribution >= 0.6 is 0 Å². The SMILES string of the molecule is CCCN(Cc1ncn(CN2CCN(C)CC2)c1CO)[C@H]1CCCc2cccnc21. The molecule has 1 fully saturated rings. The second kappa shape index (κ2) is 10.0. The largest absolute Gasteiger partial charge is 0.390 e. The number of hydrogen-bond acceptors (Lipinski definition) is 6. The molecule has 0 aromatic carbocycles. The molecule has 7 heteroatoms. The molecule has 0 radical (unpaired) electrons. The summed E-state index contributed by atoms with van der Waals surface area (Å²) in [6.45, 7) is 9.14. The Hall–Kier alpha value is -1.80. The monoisotopic (exact) mass is 412 g/mol. The predicted molar refractivity (Wildman–Crippen MR) is 118 cm³/mol. The first-order chi connectivity index (χ1) is 14.7. The molecule has 2 aromatic rings. The molecule has 1 saturated heterocycles. The third-order valence-electron chi connectivity index (χ3n) is 6.60. The smallest absolute Gasteiger partial charge is 0.0964 e. The summed E-state index contributed by atoms with van der Waals surface area (Å²) in [5, 5.41) is 10.2. The van der Waals surface area contributed by atoms with E-state index in [-0.39, 0.29) is 6.61 Å². The average Bonchev–Trinajstić information content (AvgIpc) is 3.15. The molecule has 0 spiro atoms.